The molecular formula is C17H26N4O3. The number of amides is 2. The van der Waals surface area contributed by atoms with Crippen LogP contribution in [0.4, 0.5) is 0 Å². The van der Waals surface area contributed by atoms with Gasteiger partial charge >= 0.3 is 0 Å². The van der Waals surface area contributed by atoms with Crippen molar-refractivity contribution < 1.29 is 14.3 Å². The average Bonchev–Trinajstić information content (AvgIpc) is 2.79. The molecule has 132 valence electrons. The van der Waals surface area contributed by atoms with E-state index in [1.54, 1.807) is 38.3 Å². The van der Waals surface area contributed by atoms with Gasteiger partial charge in [-0.2, -0.15) is 0 Å². The lowest BCUT2D eigenvalue weighted by atomic mass is 10.0. The summed E-state index contributed by atoms with van der Waals surface area (Å²) in [7, 11) is 5.14. The molecule has 0 saturated carbocycles. The van der Waals surface area contributed by atoms with Crippen LogP contribution in [-0.4, -0.2) is 80.6 Å². The number of hydrogen-bond donors (Lipinski definition) is 1. The van der Waals surface area contributed by atoms with Gasteiger partial charge in [0.05, 0.1) is 25.3 Å². The van der Waals surface area contributed by atoms with Crippen LogP contribution in [0.2, 0.25) is 0 Å². The second-order valence-corrected chi connectivity index (χ2v) is 6.29. The molecule has 1 aliphatic rings. The molecule has 0 aliphatic carbocycles. The minimum absolute atomic E-state index is 0.101. The highest BCUT2D eigenvalue weighted by molar-refractivity contribution is 5.93. The quantitative estimate of drug-likeness (QED) is 0.822. The number of aromatic nitrogens is 1. The summed E-state index contributed by atoms with van der Waals surface area (Å²) in [5, 5.41) is 2.58. The molecule has 2 amide bonds. The minimum atomic E-state index is -0.139. The minimum Gasteiger partial charge on any atom is -0.380 e. The fourth-order valence-corrected chi connectivity index (χ4v) is 2.67. The number of nitrogens with one attached hydrogen (secondary N) is 1. The van der Waals surface area contributed by atoms with E-state index in [9.17, 15) is 9.59 Å². The van der Waals surface area contributed by atoms with Crippen LogP contribution in [-0.2, 0) is 16.0 Å². The first-order valence-electron chi connectivity index (χ1n) is 8.17. The van der Waals surface area contributed by atoms with Gasteiger partial charge < -0.3 is 15.0 Å². The molecule has 1 fully saturated rings. The van der Waals surface area contributed by atoms with E-state index in [2.05, 4.69) is 15.2 Å². The van der Waals surface area contributed by atoms with Crippen LogP contribution in [0.25, 0.3) is 0 Å². The molecule has 1 aromatic heterocycles. The fraction of sp³-hybridized carbons (Fsp3) is 0.588. The Hall–Kier alpha value is -1.99. The van der Waals surface area contributed by atoms with Crippen LogP contribution in [0, 0.1) is 5.92 Å². The van der Waals surface area contributed by atoms with Gasteiger partial charge in [0, 0.05) is 52.0 Å². The van der Waals surface area contributed by atoms with Gasteiger partial charge in [-0.1, -0.05) is 0 Å². The number of hydrogen-bond acceptors (Lipinski definition) is 5. The molecule has 7 heteroatoms. The Morgan fingerprint density at radius 1 is 1.42 bits per heavy atom. The van der Waals surface area contributed by atoms with Crippen LogP contribution in [0.5, 0.6) is 0 Å². The van der Waals surface area contributed by atoms with E-state index in [4.69, 9.17) is 4.74 Å². The summed E-state index contributed by atoms with van der Waals surface area (Å²) >= 11 is 0. The normalized spacial score (nSPS) is 18.7. The van der Waals surface area contributed by atoms with Gasteiger partial charge in [-0.15, -0.1) is 0 Å². The topological polar surface area (TPSA) is 74.8 Å². The number of nitrogens with zero attached hydrogens (tertiary/aromatic N) is 3. The van der Waals surface area contributed by atoms with Gasteiger partial charge in [-0.25, -0.2) is 0 Å². The third-order valence-electron chi connectivity index (χ3n) is 4.09. The predicted molar refractivity (Wildman–Crippen MR) is 90.8 cm³/mol. The van der Waals surface area contributed by atoms with E-state index in [-0.39, 0.29) is 17.7 Å². The summed E-state index contributed by atoms with van der Waals surface area (Å²) < 4.78 is 5.67. The third-order valence-corrected chi connectivity index (χ3v) is 4.09. The van der Waals surface area contributed by atoms with Crippen molar-refractivity contribution in [2.24, 2.45) is 5.92 Å². The molecular weight excluding hydrogens is 308 g/mol. The molecule has 0 spiro atoms. The second-order valence-electron chi connectivity index (χ2n) is 6.29. The molecule has 1 atom stereocenters. The summed E-state index contributed by atoms with van der Waals surface area (Å²) in [4.78, 5) is 31.6. The second kappa shape index (κ2) is 8.75. The highest BCUT2D eigenvalue weighted by Crippen LogP contribution is 2.13. The van der Waals surface area contributed by atoms with Crippen LogP contribution in [0.15, 0.2) is 18.3 Å². The van der Waals surface area contributed by atoms with Crippen LogP contribution in [0.1, 0.15) is 16.1 Å². The van der Waals surface area contributed by atoms with Gasteiger partial charge in [0.25, 0.3) is 5.91 Å². The molecule has 0 aromatic carbocycles. The van der Waals surface area contributed by atoms with E-state index in [1.165, 1.54) is 0 Å². The van der Waals surface area contributed by atoms with Gasteiger partial charge in [0.2, 0.25) is 5.91 Å². The number of pyridine rings is 1. The van der Waals surface area contributed by atoms with Crippen molar-refractivity contribution in [1.29, 1.82) is 0 Å². The highest BCUT2D eigenvalue weighted by atomic mass is 16.5. The van der Waals surface area contributed by atoms with Crippen molar-refractivity contribution in [2.45, 2.75) is 6.42 Å². The summed E-state index contributed by atoms with van der Waals surface area (Å²) in [6.07, 6.45) is 2.36. The first-order valence-corrected chi connectivity index (χ1v) is 8.17. The third kappa shape index (κ3) is 5.28. The molecule has 0 bridgehead atoms. The van der Waals surface area contributed by atoms with E-state index in [0.717, 1.165) is 25.2 Å². The highest BCUT2D eigenvalue weighted by Gasteiger charge is 2.21. The lowest BCUT2D eigenvalue weighted by molar-refractivity contribution is -0.130. The Bertz CT molecular complexity index is 559. The first kappa shape index (κ1) is 18.4. The van der Waals surface area contributed by atoms with Gasteiger partial charge in [0.1, 0.15) is 0 Å². The molecule has 0 radical (unpaired) electrons. The Kier molecular flexibility index (Phi) is 6.69. The lowest BCUT2D eigenvalue weighted by Gasteiger charge is -2.24. The van der Waals surface area contributed by atoms with Gasteiger partial charge in [-0.3, -0.25) is 19.5 Å². The molecule has 24 heavy (non-hydrogen) atoms. The van der Waals surface area contributed by atoms with Gasteiger partial charge in [-0.05, 0) is 18.6 Å². The molecule has 1 saturated heterocycles. The number of ether oxygens (including phenoxy) is 1. The summed E-state index contributed by atoms with van der Waals surface area (Å²) in [6, 6.07) is 3.66. The number of rotatable bonds is 5. The molecule has 7 nitrogen and oxygen atoms in total. The van der Waals surface area contributed by atoms with Crippen LogP contribution in [0.3, 0.4) is 0 Å². The van der Waals surface area contributed by atoms with Crippen molar-refractivity contribution in [1.82, 2.24) is 20.1 Å². The molecule has 1 aromatic rings. The van der Waals surface area contributed by atoms with Crippen LogP contribution >= 0.6 is 0 Å². The zero-order valence-corrected chi connectivity index (χ0v) is 14.6. The van der Waals surface area contributed by atoms with Crippen molar-refractivity contribution in [3.63, 3.8) is 0 Å². The molecule has 1 N–H and O–H groups in total. The average molecular weight is 334 g/mol. The Labute approximate surface area is 143 Å². The first-order chi connectivity index (χ1) is 11.5. The van der Waals surface area contributed by atoms with Gasteiger partial charge in [0.15, 0.2) is 0 Å². The maximum Gasteiger partial charge on any atom is 0.252 e. The standard InChI is InChI=1S/C17H26N4O3/c1-18-17(23)14-4-5-15(19-9-14)8-13-10-21(6-7-24-12-13)11-16(22)20(2)3/h4-5,9,13H,6-8,10-12H2,1-3H3,(H,18,23). The van der Waals surface area contributed by atoms with E-state index < -0.39 is 0 Å². The van der Waals surface area contributed by atoms with Crippen molar-refractivity contribution >= 4 is 11.8 Å². The number of carbonyl (C=O) groups excluding carboxylic acids is 2. The molecule has 2 heterocycles. The molecule has 2 rings (SSSR count). The summed E-state index contributed by atoms with van der Waals surface area (Å²) in [5.41, 5.74) is 1.48. The fourth-order valence-electron chi connectivity index (χ4n) is 2.67. The number of carbonyl (C=O) groups is 2. The molecule has 1 unspecified atom stereocenters. The van der Waals surface area contributed by atoms with E-state index >= 15 is 0 Å². The Morgan fingerprint density at radius 3 is 2.83 bits per heavy atom. The predicted octanol–water partition coefficient (Wildman–Crippen LogP) is 0.0203. The SMILES string of the molecule is CNC(=O)c1ccc(CC2COCCN(CC(=O)N(C)C)C2)nc1. The molecule has 1 aliphatic heterocycles. The largest absolute Gasteiger partial charge is 0.380 e. The maximum atomic E-state index is 11.9. The Balaban J connectivity index is 1.95. The van der Waals surface area contributed by atoms with Crippen LogP contribution < -0.4 is 5.32 Å². The van der Waals surface area contributed by atoms with Crippen molar-refractivity contribution in [2.75, 3.05) is 54.0 Å². The summed E-state index contributed by atoms with van der Waals surface area (Å²) in [6.45, 7) is 3.28. The maximum absolute atomic E-state index is 11.9. The summed E-state index contributed by atoms with van der Waals surface area (Å²) in [5.74, 6) is 0.241. The monoisotopic (exact) mass is 334 g/mol. The smallest absolute Gasteiger partial charge is 0.252 e. The van der Waals surface area contributed by atoms with Crippen molar-refractivity contribution in [3.05, 3.63) is 29.6 Å². The Morgan fingerprint density at radius 2 is 2.21 bits per heavy atom. The zero-order valence-electron chi connectivity index (χ0n) is 14.6. The van der Waals surface area contributed by atoms with E-state index in [0.29, 0.717) is 25.3 Å². The lowest BCUT2D eigenvalue weighted by Crippen LogP contribution is -2.39. The van der Waals surface area contributed by atoms with E-state index in [1.807, 2.05) is 6.07 Å². The zero-order chi connectivity index (χ0) is 17.5. The van der Waals surface area contributed by atoms with Crippen molar-refractivity contribution in [3.8, 4) is 0 Å². The number of likely N-dealkylation sites (N-methyl/N-ethyl adjacent to an activating group) is 1.